The van der Waals surface area contributed by atoms with Crippen LogP contribution in [0.15, 0.2) is 0 Å². The molecule has 1 N–H and O–H groups in total. The lowest BCUT2D eigenvalue weighted by Gasteiger charge is -2.01. The fraction of sp³-hybridized carbons (Fsp3) is 1.00. The molecule has 0 rings (SSSR count). The van der Waals surface area contributed by atoms with Crippen molar-refractivity contribution in [2.24, 2.45) is 0 Å². The van der Waals surface area contributed by atoms with E-state index in [4.69, 9.17) is 4.89 Å². The molecule has 2 heteroatoms. The molecule has 0 heterocycles. The van der Waals surface area contributed by atoms with Crippen molar-refractivity contribution < 1.29 is 4.89 Å². The quantitative estimate of drug-likeness (QED) is 0.553. The Hall–Kier alpha value is 0.390. The Morgan fingerprint density at radius 1 is 1.25 bits per heavy atom. The molecule has 0 saturated carbocycles. The second-order valence-electron chi connectivity index (χ2n) is 1.94. The van der Waals surface area contributed by atoms with E-state index in [0.717, 1.165) is 6.16 Å². The Morgan fingerprint density at radius 2 is 1.38 bits per heavy atom. The maximum Gasteiger partial charge on any atom is 0.135 e. The highest BCUT2D eigenvalue weighted by atomic mass is 31.2. The monoisotopic (exact) mass is 139 g/mol. The zero-order valence-corrected chi connectivity index (χ0v) is 5.50. The van der Waals surface area contributed by atoms with Crippen LogP contribution in [0.1, 0.15) is 21.8 Å². The van der Waals surface area contributed by atoms with Crippen molar-refractivity contribution in [3.8, 4) is 0 Å². The highest BCUT2D eigenvalue weighted by Gasteiger charge is 2.15. The summed E-state index contributed by atoms with van der Waals surface area (Å²) in [5.74, 6) is 0. The third kappa shape index (κ3) is 16.2. The first-order valence-electron chi connectivity index (χ1n) is 2.12. The number of hydrogen-bond donors (Lipinski definition) is 1. The Labute approximate surface area is 54.5 Å². The molecule has 0 aromatic carbocycles. The van der Waals surface area contributed by atoms with Gasteiger partial charge in [0.25, 0.3) is 0 Å². The number of rotatable bonds is 1. The van der Waals surface area contributed by atoms with Crippen LogP contribution in [0.5, 0.6) is 0 Å². The summed E-state index contributed by atoms with van der Waals surface area (Å²) in [5.41, 5.74) is 0. The SMILES string of the molecule is C.C.CC[P+](C)(C)O. The van der Waals surface area contributed by atoms with E-state index in [1.165, 1.54) is 0 Å². The molecular weight excluding hydrogens is 119 g/mol. The van der Waals surface area contributed by atoms with Crippen LogP contribution in [0.4, 0.5) is 0 Å². The lowest BCUT2D eigenvalue weighted by Crippen LogP contribution is -1.85. The van der Waals surface area contributed by atoms with Crippen LogP contribution in [-0.4, -0.2) is 24.4 Å². The van der Waals surface area contributed by atoms with Crippen LogP contribution in [0.25, 0.3) is 0 Å². The van der Waals surface area contributed by atoms with Crippen LogP contribution >= 0.6 is 7.49 Å². The fourth-order valence-electron chi connectivity index (χ4n) is 0. The van der Waals surface area contributed by atoms with Crippen molar-refractivity contribution in [2.45, 2.75) is 21.8 Å². The molecule has 0 aromatic heterocycles. The van der Waals surface area contributed by atoms with E-state index in [1.54, 1.807) is 0 Å². The zero-order valence-electron chi connectivity index (χ0n) is 4.60. The Morgan fingerprint density at radius 3 is 1.38 bits per heavy atom. The second kappa shape index (κ2) is 5.53. The van der Waals surface area contributed by atoms with Gasteiger partial charge < -0.3 is 0 Å². The average molecular weight is 139 g/mol. The molecule has 0 fully saturated rings. The molecule has 0 aliphatic heterocycles. The summed E-state index contributed by atoms with van der Waals surface area (Å²) in [6.45, 7) is 5.83. The van der Waals surface area contributed by atoms with Crippen LogP contribution in [0.2, 0.25) is 0 Å². The minimum Gasteiger partial charge on any atom is -0.252 e. The van der Waals surface area contributed by atoms with Gasteiger partial charge in [-0.1, -0.05) is 14.9 Å². The first-order valence-corrected chi connectivity index (χ1v) is 4.94. The normalized spacial score (nSPS) is 9.00. The summed E-state index contributed by atoms with van der Waals surface area (Å²) >= 11 is 0. The van der Waals surface area contributed by atoms with Crippen molar-refractivity contribution in [2.75, 3.05) is 19.5 Å². The average Bonchev–Trinajstić information content (AvgIpc) is 1.35. The molecule has 0 amide bonds. The van der Waals surface area contributed by atoms with Gasteiger partial charge in [0, 0.05) is 0 Å². The van der Waals surface area contributed by atoms with E-state index in [1.807, 2.05) is 20.3 Å². The van der Waals surface area contributed by atoms with Gasteiger partial charge in [-0.3, -0.25) is 4.89 Å². The van der Waals surface area contributed by atoms with Crippen molar-refractivity contribution in [1.29, 1.82) is 0 Å². The van der Waals surface area contributed by atoms with Crippen LogP contribution in [-0.2, 0) is 0 Å². The van der Waals surface area contributed by atoms with Gasteiger partial charge in [-0.25, -0.2) is 0 Å². The molecule has 0 spiro atoms. The Kier molecular flexibility index (Phi) is 10.9. The third-order valence-corrected chi connectivity index (χ3v) is 2.32. The Balaban J connectivity index is -0.000000125. The molecule has 0 bridgehead atoms. The third-order valence-electron chi connectivity index (χ3n) is 0.774. The molecule has 0 radical (unpaired) electrons. The smallest absolute Gasteiger partial charge is 0.135 e. The zero-order chi connectivity index (χ0) is 5.21. The van der Waals surface area contributed by atoms with E-state index < -0.39 is 7.49 Å². The summed E-state index contributed by atoms with van der Waals surface area (Å²) in [6.07, 6.45) is 0.938. The first-order chi connectivity index (χ1) is 2.56. The van der Waals surface area contributed by atoms with Gasteiger partial charge in [-0.2, -0.15) is 0 Å². The van der Waals surface area contributed by atoms with Crippen molar-refractivity contribution in [3.63, 3.8) is 0 Å². The molecule has 0 atom stereocenters. The largest absolute Gasteiger partial charge is 0.252 e. The molecule has 0 aliphatic carbocycles. The topological polar surface area (TPSA) is 20.2 Å². The van der Waals surface area contributed by atoms with Crippen molar-refractivity contribution in [1.82, 2.24) is 0 Å². The van der Waals surface area contributed by atoms with E-state index in [-0.39, 0.29) is 14.9 Å². The number of hydrogen-bond acceptors (Lipinski definition) is 1. The van der Waals surface area contributed by atoms with Crippen LogP contribution in [0, 0.1) is 0 Å². The lowest BCUT2D eigenvalue weighted by atomic mass is 11.0. The van der Waals surface area contributed by atoms with Gasteiger partial charge in [0.1, 0.15) is 7.49 Å². The van der Waals surface area contributed by atoms with E-state index in [9.17, 15) is 0 Å². The van der Waals surface area contributed by atoms with Crippen molar-refractivity contribution >= 4 is 7.49 Å². The summed E-state index contributed by atoms with van der Waals surface area (Å²) < 4.78 is 0. The van der Waals surface area contributed by atoms with Gasteiger partial charge in [0.15, 0.2) is 0 Å². The molecule has 0 aliphatic rings. The molecule has 8 heavy (non-hydrogen) atoms. The van der Waals surface area contributed by atoms with Crippen LogP contribution in [0.3, 0.4) is 0 Å². The minimum atomic E-state index is -1.40. The predicted octanol–water partition coefficient (Wildman–Crippen LogP) is 2.46. The molecule has 0 unspecified atom stereocenters. The summed E-state index contributed by atoms with van der Waals surface area (Å²) in [5, 5.41) is 0. The summed E-state index contributed by atoms with van der Waals surface area (Å²) in [6, 6.07) is 0. The first kappa shape index (κ1) is 15.8. The maximum absolute atomic E-state index is 8.94. The second-order valence-corrected chi connectivity index (χ2v) is 5.81. The van der Waals surface area contributed by atoms with Crippen molar-refractivity contribution in [3.05, 3.63) is 0 Å². The summed E-state index contributed by atoms with van der Waals surface area (Å²) in [7, 11) is -1.40. The summed E-state index contributed by atoms with van der Waals surface area (Å²) in [4.78, 5) is 8.94. The Bertz CT molecular complexity index is 38.3. The molecule has 1 nitrogen and oxygen atoms in total. The fourth-order valence-corrected chi connectivity index (χ4v) is 0. The van der Waals surface area contributed by atoms with Gasteiger partial charge in [-0.15, -0.1) is 0 Å². The molecule has 54 valence electrons. The predicted molar refractivity (Wildman–Crippen MR) is 45.0 cm³/mol. The standard InChI is InChI=1S/C4H12OP.2CH4/c1-4-6(2,3)5;;/h5H,4H2,1-3H3;2*1H4/q+1;;. The molecule has 0 saturated heterocycles. The minimum absolute atomic E-state index is 0. The highest BCUT2D eigenvalue weighted by molar-refractivity contribution is 7.68. The highest BCUT2D eigenvalue weighted by Crippen LogP contribution is 2.44. The van der Waals surface area contributed by atoms with Crippen LogP contribution < -0.4 is 0 Å². The van der Waals surface area contributed by atoms with Gasteiger partial charge in [0.05, 0.1) is 19.5 Å². The van der Waals surface area contributed by atoms with E-state index >= 15 is 0 Å². The molecule has 0 aromatic rings. The van der Waals surface area contributed by atoms with Gasteiger partial charge in [-0.05, 0) is 6.92 Å². The van der Waals surface area contributed by atoms with Gasteiger partial charge >= 0.3 is 0 Å². The molecular formula is C6H20OP+. The maximum atomic E-state index is 8.94. The van der Waals surface area contributed by atoms with E-state index in [0.29, 0.717) is 0 Å². The lowest BCUT2D eigenvalue weighted by molar-refractivity contribution is 0.614. The van der Waals surface area contributed by atoms with Gasteiger partial charge in [0.2, 0.25) is 0 Å². The van der Waals surface area contributed by atoms with E-state index in [2.05, 4.69) is 0 Å².